The van der Waals surface area contributed by atoms with Gasteiger partial charge in [0.2, 0.25) is 5.91 Å². The molecule has 0 aromatic carbocycles. The molecule has 1 aliphatic carbocycles. The maximum Gasteiger partial charge on any atom is 0.451 e. The molecule has 0 aliphatic heterocycles. The van der Waals surface area contributed by atoms with Gasteiger partial charge in [0.15, 0.2) is 0 Å². The highest BCUT2D eigenvalue weighted by atomic mass is 16.4. The first kappa shape index (κ1) is 20.9. The van der Waals surface area contributed by atoms with E-state index in [-0.39, 0.29) is 23.7 Å². The molecule has 1 rings (SSSR count). The van der Waals surface area contributed by atoms with Gasteiger partial charge in [-0.2, -0.15) is 0 Å². The van der Waals surface area contributed by atoms with Gasteiger partial charge in [0.25, 0.3) is 0 Å². The van der Waals surface area contributed by atoms with Crippen LogP contribution in [0, 0.1) is 10.8 Å². The van der Waals surface area contributed by atoms with Crippen molar-refractivity contribution in [3.05, 3.63) is 0 Å². The van der Waals surface area contributed by atoms with E-state index in [9.17, 15) is 14.7 Å². The fourth-order valence-electron chi connectivity index (χ4n) is 3.25. The number of carboxylic acid groups (broad SMARTS) is 1. The molecule has 8 heteroatoms. The van der Waals surface area contributed by atoms with Crippen molar-refractivity contribution in [1.29, 1.82) is 0 Å². The van der Waals surface area contributed by atoms with Gasteiger partial charge in [0.05, 0.1) is 11.5 Å². The average Bonchev–Trinajstić information content (AvgIpc) is 2.86. The molecule has 0 saturated heterocycles. The number of carbonyl (C=O) groups excluding carboxylic acids is 1. The molecule has 0 unspecified atom stereocenters. The van der Waals surface area contributed by atoms with Crippen LogP contribution in [0.1, 0.15) is 59.3 Å². The summed E-state index contributed by atoms with van der Waals surface area (Å²) in [4.78, 5) is 24.0. The van der Waals surface area contributed by atoms with E-state index in [1.165, 1.54) is 0 Å². The van der Waals surface area contributed by atoms with Crippen molar-refractivity contribution in [1.82, 2.24) is 5.32 Å². The van der Waals surface area contributed by atoms with Crippen molar-refractivity contribution < 1.29 is 24.7 Å². The molecule has 0 spiro atoms. The summed E-state index contributed by atoms with van der Waals surface area (Å²) < 4.78 is 0. The molecular weight excluding hydrogens is 311 g/mol. The number of unbranched alkanes of at least 4 members (excludes halogenated alkanes) is 1. The molecule has 0 bridgehead atoms. The van der Waals surface area contributed by atoms with E-state index in [0.717, 1.165) is 0 Å². The van der Waals surface area contributed by atoms with Crippen molar-refractivity contribution in [2.45, 2.75) is 77.7 Å². The molecule has 7 nitrogen and oxygen atoms in total. The molecular formula is C16H31BN2O5. The Kier molecular flexibility index (Phi) is 7.25. The van der Waals surface area contributed by atoms with Crippen molar-refractivity contribution in [2.75, 3.05) is 0 Å². The number of hydrogen-bond acceptors (Lipinski definition) is 5. The van der Waals surface area contributed by atoms with Crippen molar-refractivity contribution >= 4 is 19.0 Å². The Morgan fingerprint density at radius 2 is 1.96 bits per heavy atom. The molecule has 1 amide bonds. The Morgan fingerprint density at radius 3 is 2.46 bits per heavy atom. The topological polar surface area (TPSA) is 133 Å². The number of hydrogen-bond donors (Lipinski definition) is 5. The summed E-state index contributed by atoms with van der Waals surface area (Å²) in [5, 5.41) is 30.2. The van der Waals surface area contributed by atoms with E-state index in [1.807, 2.05) is 20.8 Å². The highest BCUT2D eigenvalue weighted by molar-refractivity contribution is 6.40. The van der Waals surface area contributed by atoms with Crippen LogP contribution in [0.25, 0.3) is 0 Å². The lowest BCUT2D eigenvalue weighted by Crippen LogP contribution is -2.51. The average molecular weight is 342 g/mol. The summed E-state index contributed by atoms with van der Waals surface area (Å²) in [5.41, 5.74) is 4.76. The zero-order chi connectivity index (χ0) is 18.5. The van der Waals surface area contributed by atoms with Crippen molar-refractivity contribution in [2.24, 2.45) is 16.6 Å². The van der Waals surface area contributed by atoms with Gasteiger partial charge in [-0.15, -0.1) is 0 Å². The lowest BCUT2D eigenvalue weighted by atomic mass is 9.78. The molecule has 0 heterocycles. The van der Waals surface area contributed by atoms with Gasteiger partial charge in [0, 0.05) is 6.04 Å². The number of nitrogens with two attached hydrogens (primary N) is 1. The minimum Gasteiger partial charge on any atom is -0.481 e. The quantitative estimate of drug-likeness (QED) is 0.326. The number of amides is 1. The van der Waals surface area contributed by atoms with Gasteiger partial charge < -0.3 is 26.2 Å². The summed E-state index contributed by atoms with van der Waals surface area (Å²) in [6.07, 6.45) is 3.44. The number of rotatable bonds is 8. The van der Waals surface area contributed by atoms with E-state index in [0.29, 0.717) is 38.5 Å². The lowest BCUT2D eigenvalue weighted by Gasteiger charge is -2.28. The minimum absolute atomic E-state index is 0.176. The van der Waals surface area contributed by atoms with Crippen LogP contribution in [-0.2, 0) is 9.59 Å². The van der Waals surface area contributed by atoms with Crippen LogP contribution in [0.4, 0.5) is 0 Å². The van der Waals surface area contributed by atoms with Crippen LogP contribution in [0.2, 0.25) is 6.32 Å². The number of carboxylic acids is 1. The smallest absolute Gasteiger partial charge is 0.451 e. The fraction of sp³-hybridized carbons (Fsp3) is 0.875. The van der Waals surface area contributed by atoms with Crippen molar-refractivity contribution in [3.63, 3.8) is 0 Å². The summed E-state index contributed by atoms with van der Waals surface area (Å²) >= 11 is 0. The van der Waals surface area contributed by atoms with Crippen molar-refractivity contribution in [3.8, 4) is 0 Å². The van der Waals surface area contributed by atoms with E-state index in [2.05, 4.69) is 5.32 Å². The maximum atomic E-state index is 12.2. The van der Waals surface area contributed by atoms with Crippen LogP contribution >= 0.6 is 0 Å². The Bertz CT molecular complexity index is 452. The monoisotopic (exact) mass is 342 g/mol. The van der Waals surface area contributed by atoms with E-state index in [1.54, 1.807) is 0 Å². The highest BCUT2D eigenvalue weighted by Crippen LogP contribution is 2.43. The predicted molar refractivity (Wildman–Crippen MR) is 92.1 cm³/mol. The second-order valence-corrected chi connectivity index (χ2v) is 8.10. The van der Waals surface area contributed by atoms with Gasteiger partial charge in [0.1, 0.15) is 0 Å². The Labute approximate surface area is 144 Å². The second-order valence-electron chi connectivity index (χ2n) is 8.10. The first-order valence-electron chi connectivity index (χ1n) is 8.63. The Hall–Kier alpha value is -1.12. The minimum atomic E-state index is -1.35. The molecule has 138 valence electrons. The first-order chi connectivity index (χ1) is 11.0. The zero-order valence-electron chi connectivity index (χ0n) is 14.9. The van der Waals surface area contributed by atoms with Crippen LogP contribution in [-0.4, -0.2) is 46.2 Å². The van der Waals surface area contributed by atoms with Gasteiger partial charge >= 0.3 is 13.1 Å². The molecule has 1 aliphatic rings. The number of carbonyl (C=O) groups is 2. The summed E-state index contributed by atoms with van der Waals surface area (Å²) in [5.74, 6) is -1.08. The Morgan fingerprint density at radius 1 is 1.33 bits per heavy atom. The first-order valence-corrected chi connectivity index (χ1v) is 8.63. The maximum absolute atomic E-state index is 12.2. The third-order valence-electron chi connectivity index (χ3n) is 4.99. The Balaban J connectivity index is 2.58. The molecule has 6 N–H and O–H groups in total. The van der Waals surface area contributed by atoms with Crippen LogP contribution < -0.4 is 11.1 Å². The molecule has 3 atom stereocenters. The van der Waals surface area contributed by atoms with E-state index >= 15 is 0 Å². The summed E-state index contributed by atoms with van der Waals surface area (Å²) in [7, 11) is -1.35. The van der Waals surface area contributed by atoms with Crippen LogP contribution in [0.3, 0.4) is 0 Å². The SMILES string of the molecule is CC(C)(C)[C@@H](N)C(=O)N[C@H]1CC[C@@](CCCCB(O)O)(C(=O)O)C1. The predicted octanol–water partition coefficient (Wildman–Crippen LogP) is 0.743. The normalized spacial score (nSPS) is 25.3. The largest absolute Gasteiger partial charge is 0.481 e. The van der Waals surface area contributed by atoms with Crippen LogP contribution in [0.5, 0.6) is 0 Å². The second kappa shape index (κ2) is 8.31. The number of aliphatic carboxylic acids is 1. The van der Waals surface area contributed by atoms with E-state index < -0.39 is 24.5 Å². The molecule has 1 fully saturated rings. The summed E-state index contributed by atoms with van der Waals surface area (Å²) in [6, 6.07) is -0.811. The van der Waals surface area contributed by atoms with Gasteiger partial charge in [-0.05, 0) is 37.4 Å². The highest BCUT2D eigenvalue weighted by Gasteiger charge is 2.45. The summed E-state index contributed by atoms with van der Waals surface area (Å²) in [6.45, 7) is 5.68. The van der Waals surface area contributed by atoms with Gasteiger partial charge in [-0.25, -0.2) is 0 Å². The standard InChI is InChI=1S/C16H31BN2O5/c1-15(2,3)12(18)13(20)19-11-6-8-16(10-11,14(21)22)7-4-5-9-17(23)24/h11-12,23-24H,4-10,18H2,1-3H3,(H,19,20)(H,21,22)/t11-,12-,16+/m0/s1. The molecule has 24 heavy (non-hydrogen) atoms. The number of nitrogens with one attached hydrogen (secondary N) is 1. The zero-order valence-corrected chi connectivity index (χ0v) is 14.9. The third-order valence-corrected chi connectivity index (χ3v) is 4.99. The molecule has 1 saturated carbocycles. The lowest BCUT2D eigenvalue weighted by molar-refractivity contribution is -0.149. The third kappa shape index (κ3) is 5.75. The van der Waals surface area contributed by atoms with E-state index in [4.69, 9.17) is 15.8 Å². The van der Waals surface area contributed by atoms with Gasteiger partial charge in [-0.1, -0.05) is 33.6 Å². The molecule has 0 radical (unpaired) electrons. The van der Waals surface area contributed by atoms with Gasteiger partial charge in [-0.3, -0.25) is 9.59 Å². The van der Waals surface area contributed by atoms with Crippen LogP contribution in [0.15, 0.2) is 0 Å². The fourth-order valence-corrected chi connectivity index (χ4v) is 3.25. The molecule has 0 aromatic heterocycles. The molecule has 0 aromatic rings.